The van der Waals surface area contributed by atoms with Gasteiger partial charge < -0.3 is 5.11 Å². The van der Waals surface area contributed by atoms with Gasteiger partial charge >= 0.3 is 6.18 Å². The lowest BCUT2D eigenvalue weighted by Crippen LogP contribution is -2.19. The van der Waals surface area contributed by atoms with Crippen molar-refractivity contribution in [3.05, 3.63) is 59.1 Å². The lowest BCUT2D eigenvalue weighted by Gasteiger charge is -2.15. The summed E-state index contributed by atoms with van der Waals surface area (Å²) in [5.41, 5.74) is 1.36. The molecule has 0 aliphatic carbocycles. The first-order valence-electron chi connectivity index (χ1n) is 5.48. The molecule has 1 unspecified atom stereocenters. The average molecular weight is 287 g/mol. The Morgan fingerprint density at radius 2 is 1.58 bits per heavy atom. The minimum atomic E-state index is -4.66. The van der Waals surface area contributed by atoms with Gasteiger partial charge in [0.05, 0.1) is 0 Å². The second kappa shape index (κ2) is 5.23. The molecule has 1 atom stereocenters. The van der Waals surface area contributed by atoms with E-state index in [1.807, 2.05) is 0 Å². The second-order valence-corrected chi connectivity index (χ2v) is 4.51. The van der Waals surface area contributed by atoms with E-state index in [2.05, 4.69) is 0 Å². The van der Waals surface area contributed by atoms with Crippen LogP contribution in [0, 0.1) is 0 Å². The van der Waals surface area contributed by atoms with E-state index in [1.54, 1.807) is 24.3 Å². The summed E-state index contributed by atoms with van der Waals surface area (Å²) in [4.78, 5) is 0. The van der Waals surface area contributed by atoms with E-state index < -0.39 is 12.3 Å². The van der Waals surface area contributed by atoms with Crippen molar-refractivity contribution in [1.29, 1.82) is 0 Å². The number of halogens is 4. The molecule has 0 spiro atoms. The first-order valence-corrected chi connectivity index (χ1v) is 5.86. The monoisotopic (exact) mass is 286 g/mol. The van der Waals surface area contributed by atoms with Crippen LogP contribution in [0.1, 0.15) is 11.7 Å². The third-order valence-corrected chi connectivity index (χ3v) is 2.93. The normalized spacial score (nSPS) is 13.3. The molecular weight excluding hydrogens is 277 g/mol. The molecule has 0 heterocycles. The molecule has 2 aromatic rings. The molecule has 1 nitrogen and oxygen atoms in total. The van der Waals surface area contributed by atoms with E-state index >= 15 is 0 Å². The molecule has 5 heteroatoms. The smallest absolute Gasteiger partial charge is 0.379 e. The van der Waals surface area contributed by atoms with Crippen LogP contribution in [-0.4, -0.2) is 11.3 Å². The van der Waals surface area contributed by atoms with Crippen molar-refractivity contribution in [1.82, 2.24) is 0 Å². The molecule has 0 amide bonds. The molecule has 2 rings (SSSR count). The Balaban J connectivity index is 2.29. The predicted molar refractivity (Wildman–Crippen MR) is 67.9 cm³/mol. The van der Waals surface area contributed by atoms with E-state index in [9.17, 15) is 13.2 Å². The Morgan fingerprint density at radius 1 is 0.947 bits per heavy atom. The minimum absolute atomic E-state index is 0.182. The zero-order valence-corrected chi connectivity index (χ0v) is 10.4. The van der Waals surface area contributed by atoms with Gasteiger partial charge in [0.25, 0.3) is 0 Å². The Labute approximate surface area is 113 Å². The molecule has 0 aromatic heterocycles. The van der Waals surface area contributed by atoms with E-state index in [0.29, 0.717) is 5.02 Å². The Hall–Kier alpha value is -1.52. The molecule has 100 valence electrons. The first kappa shape index (κ1) is 13.9. The van der Waals surface area contributed by atoms with E-state index in [-0.39, 0.29) is 5.56 Å². The first-order chi connectivity index (χ1) is 8.88. The highest BCUT2D eigenvalue weighted by Crippen LogP contribution is 2.33. The summed E-state index contributed by atoms with van der Waals surface area (Å²) in [6, 6.07) is 12.6. The fourth-order valence-electron chi connectivity index (χ4n) is 1.71. The van der Waals surface area contributed by atoms with Crippen molar-refractivity contribution in [3.63, 3.8) is 0 Å². The molecule has 1 N–H and O–H groups in total. The molecule has 0 bridgehead atoms. The van der Waals surface area contributed by atoms with Gasteiger partial charge in [-0.2, -0.15) is 13.2 Å². The van der Waals surface area contributed by atoms with Crippen LogP contribution in [0.4, 0.5) is 13.2 Å². The summed E-state index contributed by atoms with van der Waals surface area (Å²) in [6.07, 6.45) is -7.11. The summed E-state index contributed by atoms with van der Waals surface area (Å²) in [5, 5.41) is 9.67. The molecule has 0 aliphatic heterocycles. The second-order valence-electron chi connectivity index (χ2n) is 4.08. The van der Waals surface area contributed by atoms with E-state index in [4.69, 9.17) is 16.7 Å². The molecule has 0 saturated heterocycles. The summed E-state index contributed by atoms with van der Waals surface area (Å²) >= 11 is 5.85. The SMILES string of the molecule is OC(c1ccc(-c2cccc(Cl)c2)cc1)C(F)(F)F. The quantitative estimate of drug-likeness (QED) is 0.855. The summed E-state index contributed by atoms with van der Waals surface area (Å²) in [7, 11) is 0. The number of rotatable bonds is 2. The third kappa shape index (κ3) is 3.28. The van der Waals surface area contributed by atoms with Crippen molar-refractivity contribution >= 4 is 11.6 Å². The maximum Gasteiger partial charge on any atom is 0.418 e. The van der Waals surface area contributed by atoms with Gasteiger partial charge in [-0.15, -0.1) is 0 Å². The van der Waals surface area contributed by atoms with Crippen molar-refractivity contribution in [2.75, 3.05) is 0 Å². The predicted octanol–water partition coefficient (Wildman–Crippen LogP) is 4.60. The molecule has 0 radical (unpaired) electrons. The van der Waals surface area contributed by atoms with Gasteiger partial charge in [-0.05, 0) is 28.8 Å². The van der Waals surface area contributed by atoms with Gasteiger partial charge in [0.2, 0.25) is 0 Å². The number of hydrogen-bond donors (Lipinski definition) is 1. The van der Waals surface area contributed by atoms with Crippen LogP contribution in [0.2, 0.25) is 5.02 Å². The lowest BCUT2D eigenvalue weighted by atomic mass is 10.0. The highest BCUT2D eigenvalue weighted by atomic mass is 35.5. The number of hydrogen-bond acceptors (Lipinski definition) is 1. The zero-order valence-electron chi connectivity index (χ0n) is 9.66. The molecule has 0 aliphatic rings. The highest BCUT2D eigenvalue weighted by Gasteiger charge is 2.39. The average Bonchev–Trinajstić information content (AvgIpc) is 2.37. The lowest BCUT2D eigenvalue weighted by molar-refractivity contribution is -0.206. The van der Waals surface area contributed by atoms with Crippen molar-refractivity contribution in [2.45, 2.75) is 12.3 Å². The molecule has 0 saturated carbocycles. The zero-order chi connectivity index (χ0) is 14.0. The van der Waals surface area contributed by atoms with Crippen molar-refractivity contribution in [3.8, 4) is 11.1 Å². The highest BCUT2D eigenvalue weighted by molar-refractivity contribution is 6.30. The van der Waals surface area contributed by atoms with Gasteiger partial charge in [0.15, 0.2) is 6.10 Å². The topological polar surface area (TPSA) is 20.2 Å². The standard InChI is InChI=1S/C14H10ClF3O/c15-12-3-1-2-11(8-12)9-4-6-10(7-5-9)13(19)14(16,17)18/h1-8,13,19H. The van der Waals surface area contributed by atoms with Crippen LogP contribution in [0.5, 0.6) is 0 Å². The van der Waals surface area contributed by atoms with Gasteiger partial charge in [0, 0.05) is 5.02 Å². The summed E-state index contributed by atoms with van der Waals surface area (Å²) < 4.78 is 37.0. The van der Waals surface area contributed by atoms with Gasteiger partial charge in [-0.25, -0.2) is 0 Å². The van der Waals surface area contributed by atoms with Gasteiger partial charge in [0.1, 0.15) is 0 Å². The summed E-state index contributed by atoms with van der Waals surface area (Å²) in [5.74, 6) is 0. The minimum Gasteiger partial charge on any atom is -0.379 e. The van der Waals surface area contributed by atoms with Crippen LogP contribution in [0.25, 0.3) is 11.1 Å². The number of benzene rings is 2. The molecular formula is C14H10ClF3O. The number of aliphatic hydroxyl groups excluding tert-OH is 1. The maximum absolute atomic E-state index is 12.3. The molecule has 2 aromatic carbocycles. The van der Waals surface area contributed by atoms with Crippen molar-refractivity contribution < 1.29 is 18.3 Å². The third-order valence-electron chi connectivity index (χ3n) is 2.69. The van der Waals surface area contributed by atoms with Crippen LogP contribution < -0.4 is 0 Å². The Bertz CT molecular complexity index is 564. The fraction of sp³-hybridized carbons (Fsp3) is 0.143. The van der Waals surface area contributed by atoms with Gasteiger partial charge in [-0.1, -0.05) is 48.0 Å². The van der Waals surface area contributed by atoms with Crippen LogP contribution in [0.15, 0.2) is 48.5 Å². The van der Waals surface area contributed by atoms with Crippen LogP contribution >= 0.6 is 11.6 Å². The van der Waals surface area contributed by atoms with Crippen LogP contribution in [-0.2, 0) is 0 Å². The Morgan fingerprint density at radius 3 is 2.11 bits per heavy atom. The Kier molecular flexibility index (Phi) is 3.83. The van der Waals surface area contributed by atoms with E-state index in [0.717, 1.165) is 11.1 Å². The fourth-order valence-corrected chi connectivity index (χ4v) is 1.91. The van der Waals surface area contributed by atoms with E-state index in [1.165, 1.54) is 24.3 Å². The number of alkyl halides is 3. The molecule has 0 fully saturated rings. The van der Waals surface area contributed by atoms with Crippen molar-refractivity contribution in [2.24, 2.45) is 0 Å². The molecule has 19 heavy (non-hydrogen) atoms. The van der Waals surface area contributed by atoms with Gasteiger partial charge in [-0.3, -0.25) is 0 Å². The summed E-state index contributed by atoms with van der Waals surface area (Å²) in [6.45, 7) is 0. The van der Waals surface area contributed by atoms with Crippen LogP contribution in [0.3, 0.4) is 0 Å². The maximum atomic E-state index is 12.3. The largest absolute Gasteiger partial charge is 0.418 e. The number of aliphatic hydroxyl groups is 1.